The van der Waals surface area contributed by atoms with Crippen LogP contribution in [-0.4, -0.2) is 24.4 Å². The standard InChI is InChI=1S/C18H23NO2/c1-19-12-16-15-7-3-2-6-14(15)8-9-17(16)21-13-18(20)10-4-5-11-18/h2-3,6-9,19-20H,4-5,10-13H2,1H3. The van der Waals surface area contributed by atoms with Gasteiger partial charge in [0.1, 0.15) is 12.4 Å². The van der Waals surface area contributed by atoms with Crippen LogP contribution in [0.25, 0.3) is 10.8 Å². The van der Waals surface area contributed by atoms with Crippen LogP contribution >= 0.6 is 0 Å². The number of hydrogen-bond acceptors (Lipinski definition) is 3. The molecule has 1 aliphatic rings. The molecule has 0 heterocycles. The van der Waals surface area contributed by atoms with Crippen molar-refractivity contribution in [2.45, 2.75) is 37.8 Å². The molecule has 0 radical (unpaired) electrons. The van der Waals surface area contributed by atoms with Crippen molar-refractivity contribution in [1.82, 2.24) is 5.32 Å². The maximum atomic E-state index is 10.4. The lowest BCUT2D eigenvalue weighted by atomic mass is 10.0. The molecule has 0 saturated heterocycles. The predicted octanol–water partition coefficient (Wildman–Crippen LogP) is 3.24. The average Bonchev–Trinajstić information content (AvgIpc) is 2.94. The molecule has 0 aromatic heterocycles. The molecule has 0 unspecified atom stereocenters. The van der Waals surface area contributed by atoms with Gasteiger partial charge in [0.2, 0.25) is 0 Å². The molecule has 112 valence electrons. The van der Waals surface area contributed by atoms with Gasteiger partial charge in [-0.25, -0.2) is 0 Å². The summed E-state index contributed by atoms with van der Waals surface area (Å²) in [5.41, 5.74) is 0.528. The third-order valence-corrected chi connectivity index (χ3v) is 4.38. The largest absolute Gasteiger partial charge is 0.490 e. The number of benzene rings is 2. The first-order valence-electron chi connectivity index (χ1n) is 7.72. The Balaban J connectivity index is 1.88. The second kappa shape index (κ2) is 6.04. The minimum Gasteiger partial charge on any atom is -0.490 e. The Morgan fingerprint density at radius 3 is 2.67 bits per heavy atom. The molecule has 0 aliphatic heterocycles. The molecule has 3 rings (SSSR count). The Bertz CT molecular complexity index is 618. The van der Waals surface area contributed by atoms with Crippen molar-refractivity contribution >= 4 is 10.8 Å². The van der Waals surface area contributed by atoms with E-state index in [2.05, 4.69) is 29.6 Å². The zero-order valence-corrected chi connectivity index (χ0v) is 12.6. The Hall–Kier alpha value is -1.58. The number of nitrogens with one attached hydrogen (secondary N) is 1. The predicted molar refractivity (Wildman–Crippen MR) is 85.6 cm³/mol. The minimum absolute atomic E-state index is 0.391. The van der Waals surface area contributed by atoms with Gasteiger partial charge in [-0.1, -0.05) is 43.2 Å². The van der Waals surface area contributed by atoms with Gasteiger partial charge in [0.05, 0.1) is 5.60 Å². The second-order valence-electron chi connectivity index (χ2n) is 6.01. The summed E-state index contributed by atoms with van der Waals surface area (Å²) in [6.45, 7) is 1.15. The zero-order chi connectivity index (χ0) is 14.7. The van der Waals surface area contributed by atoms with Crippen LogP contribution in [0.1, 0.15) is 31.2 Å². The molecule has 2 aromatic rings. The summed E-state index contributed by atoms with van der Waals surface area (Å²) in [7, 11) is 1.94. The second-order valence-corrected chi connectivity index (χ2v) is 6.01. The van der Waals surface area contributed by atoms with Crippen LogP contribution in [0.4, 0.5) is 0 Å². The number of rotatable bonds is 5. The summed E-state index contributed by atoms with van der Waals surface area (Å²) in [5, 5.41) is 16.1. The van der Waals surface area contributed by atoms with E-state index in [0.717, 1.165) is 43.5 Å². The molecule has 1 aliphatic carbocycles. The molecule has 3 nitrogen and oxygen atoms in total. The van der Waals surface area contributed by atoms with E-state index in [1.165, 1.54) is 10.8 Å². The number of aliphatic hydroxyl groups is 1. The number of ether oxygens (including phenoxy) is 1. The first kappa shape index (κ1) is 14.4. The molecule has 0 bridgehead atoms. The van der Waals surface area contributed by atoms with Crippen LogP contribution in [-0.2, 0) is 6.54 Å². The van der Waals surface area contributed by atoms with E-state index in [4.69, 9.17) is 4.74 Å². The van der Waals surface area contributed by atoms with Gasteiger partial charge < -0.3 is 15.2 Å². The molecular formula is C18H23NO2. The van der Waals surface area contributed by atoms with E-state index in [1.54, 1.807) is 0 Å². The summed E-state index contributed by atoms with van der Waals surface area (Å²) < 4.78 is 5.99. The summed E-state index contributed by atoms with van der Waals surface area (Å²) in [6.07, 6.45) is 3.89. The van der Waals surface area contributed by atoms with Crippen molar-refractivity contribution in [2.75, 3.05) is 13.7 Å². The quantitative estimate of drug-likeness (QED) is 0.886. The normalized spacial score (nSPS) is 17.2. The van der Waals surface area contributed by atoms with Crippen LogP contribution < -0.4 is 10.1 Å². The summed E-state index contributed by atoms with van der Waals surface area (Å²) >= 11 is 0. The molecule has 1 saturated carbocycles. The molecular weight excluding hydrogens is 262 g/mol. The van der Waals surface area contributed by atoms with E-state index in [-0.39, 0.29) is 0 Å². The monoisotopic (exact) mass is 285 g/mol. The fourth-order valence-corrected chi connectivity index (χ4v) is 3.20. The maximum Gasteiger partial charge on any atom is 0.124 e. The smallest absolute Gasteiger partial charge is 0.124 e. The van der Waals surface area contributed by atoms with Crippen LogP contribution in [0.2, 0.25) is 0 Å². The molecule has 3 heteroatoms. The fourth-order valence-electron chi connectivity index (χ4n) is 3.20. The van der Waals surface area contributed by atoms with E-state index in [1.807, 2.05) is 19.2 Å². The Morgan fingerprint density at radius 1 is 1.14 bits per heavy atom. The van der Waals surface area contributed by atoms with Crippen molar-refractivity contribution in [2.24, 2.45) is 0 Å². The average molecular weight is 285 g/mol. The van der Waals surface area contributed by atoms with Crippen LogP contribution in [0.15, 0.2) is 36.4 Å². The van der Waals surface area contributed by atoms with Crippen LogP contribution in [0.5, 0.6) is 5.75 Å². The van der Waals surface area contributed by atoms with E-state index in [9.17, 15) is 5.11 Å². The van der Waals surface area contributed by atoms with Gasteiger partial charge in [0.15, 0.2) is 0 Å². The third kappa shape index (κ3) is 3.04. The van der Waals surface area contributed by atoms with Gasteiger partial charge in [0.25, 0.3) is 0 Å². The lowest BCUT2D eigenvalue weighted by molar-refractivity contribution is 0.00117. The molecule has 2 aromatic carbocycles. The Morgan fingerprint density at radius 2 is 1.90 bits per heavy atom. The SMILES string of the molecule is CNCc1c(OCC2(O)CCCC2)ccc2ccccc12. The Kier molecular flexibility index (Phi) is 4.13. The molecule has 21 heavy (non-hydrogen) atoms. The van der Waals surface area contributed by atoms with E-state index >= 15 is 0 Å². The number of fused-ring (bicyclic) bond motifs is 1. The first-order valence-corrected chi connectivity index (χ1v) is 7.72. The summed E-state index contributed by atoms with van der Waals surface area (Å²) in [6, 6.07) is 12.4. The van der Waals surface area contributed by atoms with E-state index < -0.39 is 5.60 Å². The lowest BCUT2D eigenvalue weighted by Crippen LogP contribution is -2.32. The molecule has 0 spiro atoms. The minimum atomic E-state index is -0.636. The summed E-state index contributed by atoms with van der Waals surface area (Å²) in [5.74, 6) is 0.878. The zero-order valence-electron chi connectivity index (χ0n) is 12.6. The van der Waals surface area contributed by atoms with Gasteiger partial charge in [-0.3, -0.25) is 0 Å². The lowest BCUT2D eigenvalue weighted by Gasteiger charge is -2.23. The topological polar surface area (TPSA) is 41.5 Å². The van der Waals surface area contributed by atoms with Crippen molar-refractivity contribution in [3.8, 4) is 5.75 Å². The van der Waals surface area contributed by atoms with Gasteiger partial charge in [-0.15, -0.1) is 0 Å². The molecule has 1 fully saturated rings. The highest BCUT2D eigenvalue weighted by Crippen LogP contribution is 2.32. The van der Waals surface area contributed by atoms with Crippen LogP contribution in [0, 0.1) is 0 Å². The van der Waals surface area contributed by atoms with Crippen molar-refractivity contribution in [3.05, 3.63) is 42.0 Å². The van der Waals surface area contributed by atoms with Gasteiger partial charge in [-0.05, 0) is 36.7 Å². The van der Waals surface area contributed by atoms with Gasteiger partial charge in [-0.2, -0.15) is 0 Å². The number of hydrogen-bond donors (Lipinski definition) is 2. The van der Waals surface area contributed by atoms with Crippen molar-refractivity contribution in [3.63, 3.8) is 0 Å². The van der Waals surface area contributed by atoms with Crippen molar-refractivity contribution < 1.29 is 9.84 Å². The van der Waals surface area contributed by atoms with Gasteiger partial charge in [0, 0.05) is 12.1 Å². The van der Waals surface area contributed by atoms with Gasteiger partial charge >= 0.3 is 0 Å². The molecule has 2 N–H and O–H groups in total. The first-order chi connectivity index (χ1) is 10.2. The van der Waals surface area contributed by atoms with E-state index in [0.29, 0.717) is 6.61 Å². The Labute approximate surface area is 125 Å². The highest BCUT2D eigenvalue weighted by atomic mass is 16.5. The maximum absolute atomic E-state index is 10.4. The third-order valence-electron chi connectivity index (χ3n) is 4.38. The van der Waals surface area contributed by atoms with Crippen LogP contribution in [0.3, 0.4) is 0 Å². The highest BCUT2D eigenvalue weighted by Gasteiger charge is 2.32. The summed E-state index contributed by atoms with van der Waals surface area (Å²) in [4.78, 5) is 0. The molecule has 0 atom stereocenters. The van der Waals surface area contributed by atoms with Crippen molar-refractivity contribution in [1.29, 1.82) is 0 Å². The highest BCUT2D eigenvalue weighted by molar-refractivity contribution is 5.87. The molecule has 0 amide bonds. The fraction of sp³-hybridized carbons (Fsp3) is 0.444.